The van der Waals surface area contributed by atoms with Crippen LogP contribution in [0, 0.1) is 12.7 Å². The number of aromatic nitrogens is 2. The summed E-state index contributed by atoms with van der Waals surface area (Å²) >= 11 is 1.10. The standard InChI is InChI=1S/C22H17FN4O3S/c1-13-5-10-18(30-13)12-24-19(28)14-6-8-15(9-7-14)21-26-27-22(31-21)20(29)25-17-4-2-3-16(23)11-17/h2-11H,12H2,1H3,(H,24,28)(H,25,29). The van der Waals surface area contributed by atoms with E-state index in [0.29, 0.717) is 28.6 Å². The first-order chi connectivity index (χ1) is 15.0. The molecule has 0 saturated heterocycles. The first-order valence-corrected chi connectivity index (χ1v) is 10.1. The Hall–Kier alpha value is -3.85. The molecule has 0 aliphatic rings. The van der Waals surface area contributed by atoms with Crippen molar-refractivity contribution in [2.75, 3.05) is 5.32 Å². The van der Waals surface area contributed by atoms with E-state index in [0.717, 1.165) is 22.7 Å². The number of nitrogens with zero attached hydrogens (tertiary/aromatic N) is 2. The number of hydrogen-bond acceptors (Lipinski definition) is 6. The van der Waals surface area contributed by atoms with Crippen LogP contribution in [0.15, 0.2) is 65.1 Å². The lowest BCUT2D eigenvalue weighted by Gasteiger charge is -2.04. The van der Waals surface area contributed by atoms with Crippen LogP contribution in [0.5, 0.6) is 0 Å². The molecule has 7 nitrogen and oxygen atoms in total. The van der Waals surface area contributed by atoms with Gasteiger partial charge in [-0.15, -0.1) is 10.2 Å². The monoisotopic (exact) mass is 436 g/mol. The maximum atomic E-state index is 13.3. The highest BCUT2D eigenvalue weighted by Gasteiger charge is 2.15. The highest BCUT2D eigenvalue weighted by atomic mass is 32.1. The van der Waals surface area contributed by atoms with Crippen LogP contribution in [0.3, 0.4) is 0 Å². The van der Waals surface area contributed by atoms with Gasteiger partial charge >= 0.3 is 0 Å². The second-order valence-electron chi connectivity index (χ2n) is 6.65. The molecule has 4 rings (SSSR count). The maximum absolute atomic E-state index is 13.3. The van der Waals surface area contributed by atoms with E-state index in [-0.39, 0.29) is 10.9 Å². The van der Waals surface area contributed by atoms with E-state index in [2.05, 4.69) is 20.8 Å². The van der Waals surface area contributed by atoms with Crippen molar-refractivity contribution < 1.29 is 18.4 Å². The number of benzene rings is 2. The molecule has 31 heavy (non-hydrogen) atoms. The predicted octanol–water partition coefficient (Wildman–Crippen LogP) is 4.43. The molecule has 156 valence electrons. The molecule has 2 N–H and O–H groups in total. The lowest BCUT2D eigenvalue weighted by molar-refractivity contribution is 0.0947. The summed E-state index contributed by atoms with van der Waals surface area (Å²) in [5.41, 5.74) is 1.54. The van der Waals surface area contributed by atoms with Crippen LogP contribution in [-0.2, 0) is 6.54 Å². The van der Waals surface area contributed by atoms with Crippen molar-refractivity contribution in [3.63, 3.8) is 0 Å². The minimum atomic E-state index is -0.474. The number of anilines is 1. The summed E-state index contributed by atoms with van der Waals surface area (Å²) in [5, 5.41) is 14.0. The zero-order valence-electron chi connectivity index (χ0n) is 16.4. The van der Waals surface area contributed by atoms with Crippen LogP contribution < -0.4 is 10.6 Å². The van der Waals surface area contributed by atoms with E-state index >= 15 is 0 Å². The van der Waals surface area contributed by atoms with Gasteiger partial charge in [-0.1, -0.05) is 29.5 Å². The summed E-state index contributed by atoms with van der Waals surface area (Å²) in [6, 6.07) is 16.1. The molecule has 0 unspecified atom stereocenters. The van der Waals surface area contributed by atoms with Crippen molar-refractivity contribution in [1.29, 1.82) is 0 Å². The van der Waals surface area contributed by atoms with Crippen LogP contribution in [0.2, 0.25) is 0 Å². The fourth-order valence-corrected chi connectivity index (χ4v) is 3.54. The highest BCUT2D eigenvalue weighted by Crippen LogP contribution is 2.24. The molecule has 2 aromatic heterocycles. The third-order valence-corrected chi connectivity index (χ3v) is 5.29. The smallest absolute Gasteiger partial charge is 0.286 e. The van der Waals surface area contributed by atoms with E-state index in [4.69, 9.17) is 4.42 Å². The number of amides is 2. The third kappa shape index (κ3) is 5.01. The third-order valence-electron chi connectivity index (χ3n) is 4.31. The summed E-state index contributed by atoms with van der Waals surface area (Å²) < 4.78 is 18.7. The van der Waals surface area contributed by atoms with Crippen molar-refractivity contribution in [1.82, 2.24) is 15.5 Å². The number of nitrogens with one attached hydrogen (secondary N) is 2. The van der Waals surface area contributed by atoms with Gasteiger partial charge in [0, 0.05) is 16.8 Å². The van der Waals surface area contributed by atoms with Gasteiger partial charge in [0.2, 0.25) is 5.01 Å². The van der Waals surface area contributed by atoms with E-state index in [1.165, 1.54) is 18.2 Å². The predicted molar refractivity (Wildman–Crippen MR) is 114 cm³/mol. The Bertz CT molecular complexity index is 1230. The van der Waals surface area contributed by atoms with Gasteiger partial charge in [0.25, 0.3) is 11.8 Å². The number of carbonyl (C=O) groups is 2. The van der Waals surface area contributed by atoms with Gasteiger partial charge in [-0.2, -0.15) is 0 Å². The molecule has 0 radical (unpaired) electrons. The number of hydrogen-bond donors (Lipinski definition) is 2. The average molecular weight is 436 g/mol. The molecule has 0 atom stereocenters. The largest absolute Gasteiger partial charge is 0.465 e. The zero-order valence-corrected chi connectivity index (χ0v) is 17.2. The lowest BCUT2D eigenvalue weighted by Crippen LogP contribution is -2.22. The molecular weight excluding hydrogens is 419 g/mol. The van der Waals surface area contributed by atoms with Crippen molar-refractivity contribution >= 4 is 28.8 Å². The van der Waals surface area contributed by atoms with E-state index in [1.54, 1.807) is 30.3 Å². The lowest BCUT2D eigenvalue weighted by atomic mass is 10.1. The summed E-state index contributed by atoms with van der Waals surface area (Å²) in [6.07, 6.45) is 0. The van der Waals surface area contributed by atoms with Crippen LogP contribution in [0.4, 0.5) is 10.1 Å². The number of halogens is 1. The van der Waals surface area contributed by atoms with Crippen LogP contribution in [0.1, 0.15) is 31.7 Å². The molecule has 2 heterocycles. The van der Waals surface area contributed by atoms with Crippen molar-refractivity contribution in [3.05, 3.63) is 88.6 Å². The molecule has 2 amide bonds. The van der Waals surface area contributed by atoms with E-state index in [1.807, 2.05) is 19.1 Å². The van der Waals surface area contributed by atoms with Gasteiger partial charge < -0.3 is 15.1 Å². The second kappa shape index (κ2) is 8.88. The number of aryl methyl sites for hydroxylation is 1. The average Bonchev–Trinajstić information content (AvgIpc) is 3.41. The van der Waals surface area contributed by atoms with E-state index < -0.39 is 11.7 Å². The highest BCUT2D eigenvalue weighted by molar-refractivity contribution is 7.16. The maximum Gasteiger partial charge on any atom is 0.286 e. The van der Waals surface area contributed by atoms with Gasteiger partial charge in [0.1, 0.15) is 22.3 Å². The summed E-state index contributed by atoms with van der Waals surface area (Å²) in [6.45, 7) is 2.14. The molecular formula is C22H17FN4O3S. The van der Waals surface area contributed by atoms with Gasteiger partial charge in [0.05, 0.1) is 6.54 Å². The molecule has 0 spiro atoms. The molecule has 2 aromatic carbocycles. The molecule has 0 bridgehead atoms. The Balaban J connectivity index is 1.39. The van der Waals surface area contributed by atoms with Crippen molar-refractivity contribution in [2.45, 2.75) is 13.5 Å². The summed E-state index contributed by atoms with van der Waals surface area (Å²) in [5.74, 6) is 0.320. The van der Waals surface area contributed by atoms with Gasteiger partial charge in [0.15, 0.2) is 0 Å². The topological polar surface area (TPSA) is 97.1 Å². The molecule has 0 aliphatic carbocycles. The molecule has 9 heteroatoms. The number of furan rings is 1. The fraction of sp³-hybridized carbons (Fsp3) is 0.0909. The van der Waals surface area contributed by atoms with Crippen molar-refractivity contribution in [3.8, 4) is 10.6 Å². The molecule has 0 aliphatic heterocycles. The SMILES string of the molecule is Cc1ccc(CNC(=O)c2ccc(-c3nnc(C(=O)Nc4cccc(F)c4)s3)cc2)o1. The Kier molecular flexibility index (Phi) is 5.85. The Morgan fingerprint density at radius 1 is 1.03 bits per heavy atom. The Labute approximate surface area is 180 Å². The Morgan fingerprint density at radius 2 is 1.84 bits per heavy atom. The molecule has 0 fully saturated rings. The first-order valence-electron chi connectivity index (χ1n) is 9.32. The number of rotatable bonds is 6. The van der Waals surface area contributed by atoms with Crippen LogP contribution >= 0.6 is 11.3 Å². The van der Waals surface area contributed by atoms with E-state index in [9.17, 15) is 14.0 Å². The normalized spacial score (nSPS) is 10.6. The van der Waals surface area contributed by atoms with Gasteiger partial charge in [-0.25, -0.2) is 4.39 Å². The van der Waals surface area contributed by atoms with Crippen LogP contribution in [-0.4, -0.2) is 22.0 Å². The minimum absolute atomic E-state index is 0.148. The minimum Gasteiger partial charge on any atom is -0.465 e. The second-order valence-corrected chi connectivity index (χ2v) is 7.63. The molecule has 4 aromatic rings. The molecule has 0 saturated carbocycles. The van der Waals surface area contributed by atoms with Gasteiger partial charge in [-0.05, 0) is 49.4 Å². The quantitative estimate of drug-likeness (QED) is 0.466. The summed E-state index contributed by atoms with van der Waals surface area (Å²) in [7, 11) is 0. The van der Waals surface area contributed by atoms with Crippen LogP contribution in [0.25, 0.3) is 10.6 Å². The van der Waals surface area contributed by atoms with Crippen molar-refractivity contribution in [2.24, 2.45) is 0 Å². The first kappa shape index (κ1) is 20.4. The summed E-state index contributed by atoms with van der Waals surface area (Å²) in [4.78, 5) is 24.6. The Morgan fingerprint density at radius 3 is 2.55 bits per heavy atom. The van der Waals surface area contributed by atoms with Gasteiger partial charge in [-0.3, -0.25) is 9.59 Å². The fourth-order valence-electron chi connectivity index (χ4n) is 2.80. The number of carbonyl (C=O) groups excluding carboxylic acids is 2. The zero-order chi connectivity index (χ0) is 21.8.